The molecule has 5 nitrogen and oxygen atoms in total. The van der Waals surface area contributed by atoms with Gasteiger partial charge in [0.1, 0.15) is 11.6 Å². The molecule has 2 aliphatic heterocycles. The van der Waals surface area contributed by atoms with Crippen LogP contribution in [0.15, 0.2) is 35.2 Å². The molecule has 1 aliphatic carbocycles. The first kappa shape index (κ1) is 20.3. The van der Waals surface area contributed by atoms with E-state index in [1.54, 1.807) is 6.26 Å². The molecule has 1 aromatic carbocycles. The van der Waals surface area contributed by atoms with Crippen LogP contribution in [0.1, 0.15) is 49.1 Å². The number of fused-ring (bicyclic) bond motifs is 3. The fourth-order valence-electron chi connectivity index (χ4n) is 5.22. The molecule has 2 unspecified atom stereocenters. The molecule has 3 atom stereocenters. The van der Waals surface area contributed by atoms with Gasteiger partial charge in [0.15, 0.2) is 0 Å². The number of benzene rings is 1. The summed E-state index contributed by atoms with van der Waals surface area (Å²) in [5, 5.41) is 14.1. The highest BCUT2D eigenvalue weighted by Gasteiger charge is 2.40. The normalized spacial score (nSPS) is 25.2. The molecule has 2 fully saturated rings. The average Bonchev–Trinajstić information content (AvgIpc) is 3.07. The quantitative estimate of drug-likeness (QED) is 0.725. The van der Waals surface area contributed by atoms with Crippen molar-refractivity contribution in [3.05, 3.63) is 46.5 Å². The molecule has 2 N–H and O–H groups in total. The maximum Gasteiger partial charge on any atom is 0.145 e. The van der Waals surface area contributed by atoms with Gasteiger partial charge in [-0.15, -0.1) is 0 Å². The molecule has 7 heteroatoms. The Morgan fingerprint density at radius 2 is 2.10 bits per heavy atom. The van der Waals surface area contributed by atoms with Crippen molar-refractivity contribution in [2.24, 2.45) is 0 Å². The van der Waals surface area contributed by atoms with Crippen LogP contribution < -0.4 is 10.2 Å². The number of aromatic nitrogens is 1. The highest BCUT2D eigenvalue weighted by molar-refractivity contribution is 7.84. The summed E-state index contributed by atoms with van der Waals surface area (Å²) in [7, 11) is -1.13. The van der Waals surface area contributed by atoms with Crippen molar-refractivity contribution in [2.75, 3.05) is 29.6 Å². The third kappa shape index (κ3) is 3.53. The second kappa shape index (κ2) is 7.81. The van der Waals surface area contributed by atoms with E-state index < -0.39 is 10.8 Å². The number of piperidine rings is 1. The third-order valence-corrected chi connectivity index (χ3v) is 8.32. The number of aliphatic hydroxyl groups is 1. The van der Waals surface area contributed by atoms with Gasteiger partial charge in [0.2, 0.25) is 0 Å². The molecular weight excluding hydrogens is 418 g/mol. The zero-order chi connectivity index (χ0) is 20.9. The summed E-state index contributed by atoms with van der Waals surface area (Å²) in [6, 6.07) is 10.8. The number of nitrogens with zero attached hydrogens (tertiary/aromatic N) is 2. The van der Waals surface area contributed by atoms with Crippen molar-refractivity contribution >= 4 is 34.0 Å². The predicted octanol–water partition coefficient (Wildman–Crippen LogP) is 4.11. The van der Waals surface area contributed by atoms with Gasteiger partial charge in [0.05, 0.1) is 27.8 Å². The van der Waals surface area contributed by atoms with Gasteiger partial charge in [-0.2, -0.15) is 0 Å². The Bertz CT molecular complexity index is 972. The van der Waals surface area contributed by atoms with E-state index in [0.717, 1.165) is 60.8 Å². The van der Waals surface area contributed by atoms with Crippen molar-refractivity contribution in [1.82, 2.24) is 4.98 Å². The van der Waals surface area contributed by atoms with Crippen LogP contribution in [0, 0.1) is 0 Å². The van der Waals surface area contributed by atoms with Gasteiger partial charge in [-0.05, 0) is 73.8 Å². The molecule has 0 amide bonds. The monoisotopic (exact) mass is 445 g/mol. The van der Waals surface area contributed by atoms with Crippen molar-refractivity contribution in [3.63, 3.8) is 0 Å². The largest absolute Gasteiger partial charge is 0.394 e. The summed E-state index contributed by atoms with van der Waals surface area (Å²) in [6.45, 7) is 1.05. The molecule has 1 saturated carbocycles. The van der Waals surface area contributed by atoms with Gasteiger partial charge >= 0.3 is 0 Å². The van der Waals surface area contributed by atoms with E-state index in [-0.39, 0.29) is 12.1 Å². The molecular formula is C23H28ClN3O2S. The lowest BCUT2D eigenvalue weighted by molar-refractivity contribution is 0.143. The first-order valence-electron chi connectivity index (χ1n) is 10.8. The average molecular weight is 446 g/mol. The van der Waals surface area contributed by atoms with E-state index in [2.05, 4.69) is 28.4 Å². The standard InChI is InChI=1S/C23H28ClN3O2S/c1-30(29)20-13-17-12-19-11-16(15-3-5-18(24)6-4-15)7-10-27(19)22(17)25-21(20)26-23(14-28)8-2-9-23/h3-6,13,16,19,28H,2,7-12,14H2,1H3,(H,25,26)/t16?,19?,30-/m0/s1. The second-order valence-electron chi connectivity index (χ2n) is 9.01. The van der Waals surface area contributed by atoms with Crippen molar-refractivity contribution in [2.45, 2.75) is 60.9 Å². The van der Waals surface area contributed by atoms with Crippen LogP contribution in [0.4, 0.5) is 11.6 Å². The smallest absolute Gasteiger partial charge is 0.145 e. The van der Waals surface area contributed by atoms with Crippen LogP contribution in [0.25, 0.3) is 0 Å². The SMILES string of the molecule is C[S@](=O)c1cc2c(nc1NC1(CO)CCC1)N1CCC(c3ccc(Cl)cc3)CC1C2. The molecule has 2 aromatic rings. The molecule has 0 radical (unpaired) electrons. The number of hydrogen-bond acceptors (Lipinski definition) is 5. The number of pyridine rings is 1. The lowest BCUT2D eigenvalue weighted by Crippen LogP contribution is -2.48. The fraction of sp³-hybridized carbons (Fsp3) is 0.522. The molecule has 5 rings (SSSR count). The zero-order valence-electron chi connectivity index (χ0n) is 17.2. The highest BCUT2D eigenvalue weighted by atomic mass is 35.5. The van der Waals surface area contributed by atoms with Gasteiger partial charge in [-0.25, -0.2) is 4.98 Å². The van der Waals surface area contributed by atoms with Gasteiger partial charge in [-0.3, -0.25) is 4.21 Å². The topological polar surface area (TPSA) is 65.5 Å². The Morgan fingerprint density at radius 1 is 1.33 bits per heavy atom. The maximum atomic E-state index is 12.5. The van der Waals surface area contributed by atoms with Crippen LogP contribution in [0.5, 0.6) is 0 Å². The molecule has 3 heterocycles. The lowest BCUT2D eigenvalue weighted by atomic mass is 9.77. The zero-order valence-corrected chi connectivity index (χ0v) is 18.8. The highest BCUT2D eigenvalue weighted by Crippen LogP contribution is 2.43. The van der Waals surface area contributed by atoms with Gasteiger partial charge in [-0.1, -0.05) is 23.7 Å². The molecule has 0 bridgehead atoms. The second-order valence-corrected chi connectivity index (χ2v) is 10.8. The summed E-state index contributed by atoms with van der Waals surface area (Å²) in [6.07, 6.45) is 7.78. The number of hydrogen-bond donors (Lipinski definition) is 2. The van der Waals surface area contributed by atoms with E-state index >= 15 is 0 Å². The van der Waals surface area contributed by atoms with E-state index in [1.807, 2.05) is 12.1 Å². The molecule has 3 aliphatic rings. The van der Waals surface area contributed by atoms with Gasteiger partial charge < -0.3 is 15.3 Å². The first-order valence-corrected chi connectivity index (χ1v) is 12.7. The van der Waals surface area contributed by atoms with Crippen LogP contribution in [0.2, 0.25) is 5.02 Å². The van der Waals surface area contributed by atoms with Crippen molar-refractivity contribution in [1.29, 1.82) is 0 Å². The van der Waals surface area contributed by atoms with E-state index in [9.17, 15) is 9.32 Å². The minimum absolute atomic E-state index is 0.0800. The fourth-order valence-corrected chi connectivity index (χ4v) is 6.03. The Hall–Kier alpha value is -1.63. The summed E-state index contributed by atoms with van der Waals surface area (Å²) < 4.78 is 12.5. The van der Waals surface area contributed by atoms with Crippen molar-refractivity contribution < 1.29 is 9.32 Å². The van der Waals surface area contributed by atoms with Crippen LogP contribution in [-0.4, -0.2) is 45.3 Å². The lowest BCUT2D eigenvalue weighted by Gasteiger charge is -2.42. The molecule has 30 heavy (non-hydrogen) atoms. The Labute approximate surface area is 185 Å². The summed E-state index contributed by atoms with van der Waals surface area (Å²) in [4.78, 5) is 8.16. The van der Waals surface area contributed by atoms with Gasteiger partial charge in [0, 0.05) is 23.9 Å². The predicted molar refractivity (Wildman–Crippen MR) is 122 cm³/mol. The summed E-state index contributed by atoms with van der Waals surface area (Å²) in [5.74, 6) is 2.24. The number of rotatable bonds is 5. The Morgan fingerprint density at radius 3 is 2.73 bits per heavy atom. The van der Waals surface area contributed by atoms with Crippen molar-refractivity contribution in [3.8, 4) is 0 Å². The minimum atomic E-state index is -1.13. The van der Waals surface area contributed by atoms with Gasteiger partial charge in [0.25, 0.3) is 0 Å². The Kier molecular flexibility index (Phi) is 5.28. The molecule has 1 saturated heterocycles. The molecule has 160 valence electrons. The maximum absolute atomic E-state index is 12.5. The number of nitrogens with one attached hydrogen (secondary N) is 1. The number of halogens is 1. The third-order valence-electron chi connectivity index (χ3n) is 7.14. The van der Waals surface area contributed by atoms with E-state index in [0.29, 0.717) is 17.8 Å². The number of anilines is 2. The van der Waals surface area contributed by atoms with E-state index in [4.69, 9.17) is 16.6 Å². The molecule has 1 aromatic heterocycles. The first-order chi connectivity index (χ1) is 14.5. The Balaban J connectivity index is 1.41. The van der Waals surface area contributed by atoms with Crippen LogP contribution >= 0.6 is 11.6 Å². The summed E-state index contributed by atoms with van der Waals surface area (Å²) >= 11 is 6.06. The minimum Gasteiger partial charge on any atom is -0.394 e. The number of aliphatic hydroxyl groups excluding tert-OH is 1. The van der Waals surface area contributed by atoms with E-state index in [1.165, 1.54) is 11.1 Å². The van der Waals surface area contributed by atoms with Crippen LogP contribution in [0.3, 0.4) is 0 Å². The van der Waals surface area contributed by atoms with Crippen LogP contribution in [-0.2, 0) is 17.2 Å². The summed E-state index contributed by atoms with van der Waals surface area (Å²) in [5.41, 5.74) is 2.24. The molecule has 0 spiro atoms.